The fourth-order valence-corrected chi connectivity index (χ4v) is 3.53. The minimum atomic E-state index is -0.816. The third-order valence-electron chi connectivity index (χ3n) is 5.13. The molecule has 0 bridgehead atoms. The third-order valence-corrected chi connectivity index (χ3v) is 5.13. The van der Waals surface area contributed by atoms with Crippen LogP contribution in [0.2, 0.25) is 0 Å². The van der Waals surface area contributed by atoms with Crippen molar-refractivity contribution in [3.8, 4) is 11.5 Å². The van der Waals surface area contributed by atoms with Crippen molar-refractivity contribution in [3.05, 3.63) is 57.9 Å². The maximum Gasteiger partial charge on any atom is 0.303 e. The van der Waals surface area contributed by atoms with Gasteiger partial charge in [0.05, 0.1) is 6.61 Å². The molecule has 1 unspecified atom stereocenters. The Morgan fingerprint density at radius 3 is 2.75 bits per heavy atom. The highest BCUT2D eigenvalue weighted by Crippen LogP contribution is 2.35. The molecule has 1 N–H and O–H groups in total. The second-order valence-electron chi connectivity index (χ2n) is 7.11. The first-order chi connectivity index (χ1) is 13.4. The zero-order valence-electron chi connectivity index (χ0n) is 16.4. The Morgan fingerprint density at radius 1 is 1.25 bits per heavy atom. The molecule has 1 heterocycles. The predicted octanol–water partition coefficient (Wildman–Crippen LogP) is 3.99. The van der Waals surface area contributed by atoms with Crippen molar-refractivity contribution >= 4 is 5.97 Å². The zero-order valence-corrected chi connectivity index (χ0v) is 16.4. The van der Waals surface area contributed by atoms with E-state index in [2.05, 4.69) is 0 Å². The van der Waals surface area contributed by atoms with Gasteiger partial charge in [-0.3, -0.25) is 4.79 Å². The second kappa shape index (κ2) is 8.61. The van der Waals surface area contributed by atoms with Crippen molar-refractivity contribution in [2.24, 2.45) is 0 Å². The van der Waals surface area contributed by atoms with Crippen LogP contribution < -0.4 is 9.47 Å². The molecule has 1 aliphatic heterocycles. The van der Waals surface area contributed by atoms with Gasteiger partial charge in [0.1, 0.15) is 30.0 Å². The maximum absolute atomic E-state index is 14.0. The second-order valence-corrected chi connectivity index (χ2v) is 7.11. The van der Waals surface area contributed by atoms with Gasteiger partial charge >= 0.3 is 5.97 Å². The van der Waals surface area contributed by atoms with Crippen LogP contribution in [-0.4, -0.2) is 30.9 Å². The Bertz CT molecular complexity index is 878. The van der Waals surface area contributed by atoms with E-state index < -0.39 is 5.97 Å². The first-order valence-electron chi connectivity index (χ1n) is 9.29. The molecular formula is C22H25FO5. The molecule has 0 saturated carbocycles. The number of hydrogen-bond donors (Lipinski definition) is 1. The molecule has 0 saturated heterocycles. The van der Waals surface area contributed by atoms with Crippen molar-refractivity contribution in [2.75, 3.05) is 13.7 Å². The number of aryl methyl sites for hydroxylation is 1. The summed E-state index contributed by atoms with van der Waals surface area (Å²) >= 11 is 0. The Balaban J connectivity index is 1.75. The third kappa shape index (κ3) is 4.44. The van der Waals surface area contributed by atoms with Gasteiger partial charge in [0.25, 0.3) is 0 Å². The van der Waals surface area contributed by atoms with Crippen LogP contribution in [0.4, 0.5) is 4.39 Å². The Kier molecular flexibility index (Phi) is 6.19. The minimum absolute atomic E-state index is 0.0931. The Morgan fingerprint density at radius 2 is 2.04 bits per heavy atom. The van der Waals surface area contributed by atoms with Gasteiger partial charge in [-0.05, 0) is 55.2 Å². The van der Waals surface area contributed by atoms with Crippen LogP contribution in [0, 0.1) is 19.7 Å². The molecule has 0 aliphatic carbocycles. The fraction of sp³-hybridized carbons (Fsp3) is 0.409. The number of methoxy groups -OCH3 is 1. The van der Waals surface area contributed by atoms with Gasteiger partial charge in [0, 0.05) is 31.1 Å². The summed E-state index contributed by atoms with van der Waals surface area (Å²) in [6.07, 6.45) is 1.08. The first kappa shape index (κ1) is 20.1. The van der Waals surface area contributed by atoms with E-state index >= 15 is 0 Å². The molecule has 0 aromatic heterocycles. The molecular weight excluding hydrogens is 363 g/mol. The summed E-state index contributed by atoms with van der Waals surface area (Å²) in [5.41, 5.74) is 4.46. The van der Waals surface area contributed by atoms with E-state index in [1.165, 1.54) is 12.1 Å². The minimum Gasteiger partial charge on any atom is -0.488 e. The van der Waals surface area contributed by atoms with Gasteiger partial charge in [0.2, 0.25) is 0 Å². The number of ether oxygens (including phenoxy) is 3. The number of aliphatic carboxylic acids is 1. The zero-order chi connectivity index (χ0) is 20.3. The molecule has 0 radical (unpaired) electrons. The number of rotatable bonds is 8. The molecule has 3 rings (SSSR count). The predicted molar refractivity (Wildman–Crippen MR) is 103 cm³/mol. The molecule has 150 valence electrons. The van der Waals surface area contributed by atoms with E-state index in [-0.39, 0.29) is 24.9 Å². The van der Waals surface area contributed by atoms with Gasteiger partial charge in [-0.25, -0.2) is 4.39 Å². The highest BCUT2D eigenvalue weighted by molar-refractivity contribution is 5.67. The lowest BCUT2D eigenvalue weighted by molar-refractivity contribution is -0.136. The lowest BCUT2D eigenvalue weighted by atomic mass is 9.99. The summed E-state index contributed by atoms with van der Waals surface area (Å²) in [5, 5.41) is 8.88. The number of fused-ring (bicyclic) bond motifs is 1. The van der Waals surface area contributed by atoms with Gasteiger partial charge < -0.3 is 19.3 Å². The highest BCUT2D eigenvalue weighted by Gasteiger charge is 2.26. The summed E-state index contributed by atoms with van der Waals surface area (Å²) in [5.74, 6) is 0.247. The number of carboxylic acids is 1. The van der Waals surface area contributed by atoms with Crippen LogP contribution in [0.5, 0.6) is 11.5 Å². The smallest absolute Gasteiger partial charge is 0.303 e. The van der Waals surface area contributed by atoms with Crippen molar-refractivity contribution < 1.29 is 28.5 Å². The lowest BCUT2D eigenvalue weighted by Crippen LogP contribution is -2.19. The average molecular weight is 388 g/mol. The van der Waals surface area contributed by atoms with Crippen molar-refractivity contribution in [1.29, 1.82) is 0 Å². The van der Waals surface area contributed by atoms with Crippen LogP contribution in [0.1, 0.15) is 34.2 Å². The number of hydrogen-bond acceptors (Lipinski definition) is 4. The van der Waals surface area contributed by atoms with Crippen LogP contribution >= 0.6 is 0 Å². The summed E-state index contributed by atoms with van der Waals surface area (Å²) in [4.78, 5) is 10.8. The molecule has 1 aliphatic rings. The SMILES string of the molecule is COCC1Cc2cc(F)cc(COc3ccc(CCC(=O)O)c(C)c3C)c2O1. The number of carboxylic acid groups (broad SMARTS) is 1. The largest absolute Gasteiger partial charge is 0.488 e. The normalized spacial score (nSPS) is 15.2. The molecule has 28 heavy (non-hydrogen) atoms. The average Bonchev–Trinajstić information content (AvgIpc) is 3.04. The highest BCUT2D eigenvalue weighted by atomic mass is 19.1. The van der Waals surface area contributed by atoms with Gasteiger partial charge in [0.15, 0.2) is 0 Å². The van der Waals surface area contributed by atoms with E-state index in [4.69, 9.17) is 19.3 Å². The maximum atomic E-state index is 14.0. The van der Waals surface area contributed by atoms with Crippen LogP contribution in [0.15, 0.2) is 24.3 Å². The molecule has 1 atom stereocenters. The fourth-order valence-electron chi connectivity index (χ4n) is 3.53. The summed E-state index contributed by atoms with van der Waals surface area (Å²) in [7, 11) is 1.61. The van der Waals surface area contributed by atoms with E-state index in [9.17, 15) is 9.18 Å². The Labute approximate surface area is 164 Å². The van der Waals surface area contributed by atoms with Crippen LogP contribution in [-0.2, 0) is 29.0 Å². The molecule has 2 aromatic rings. The lowest BCUT2D eigenvalue weighted by Gasteiger charge is -2.16. The van der Waals surface area contributed by atoms with Crippen molar-refractivity contribution in [2.45, 2.75) is 45.8 Å². The monoisotopic (exact) mass is 388 g/mol. The topological polar surface area (TPSA) is 65.0 Å². The summed E-state index contributed by atoms with van der Waals surface area (Å²) in [6.45, 7) is 4.54. The number of benzene rings is 2. The quantitative estimate of drug-likeness (QED) is 0.741. The van der Waals surface area contributed by atoms with E-state index in [0.717, 1.165) is 22.3 Å². The van der Waals surface area contributed by atoms with E-state index in [1.54, 1.807) is 7.11 Å². The van der Waals surface area contributed by atoms with E-state index in [1.807, 2.05) is 26.0 Å². The molecule has 5 nitrogen and oxygen atoms in total. The van der Waals surface area contributed by atoms with Crippen molar-refractivity contribution in [1.82, 2.24) is 0 Å². The summed E-state index contributed by atoms with van der Waals surface area (Å²) in [6, 6.07) is 6.67. The van der Waals surface area contributed by atoms with Gasteiger partial charge in [-0.15, -0.1) is 0 Å². The standard InChI is InChI=1S/C22H25FO5/c1-13-14(2)20(6-4-15(13)5-7-21(24)25)27-11-17-9-18(23)8-16-10-19(12-26-3)28-22(16)17/h4,6,8-9,19H,5,7,10-12H2,1-3H3,(H,24,25). The van der Waals surface area contributed by atoms with E-state index in [0.29, 0.717) is 36.5 Å². The number of carbonyl (C=O) groups is 1. The van der Waals surface area contributed by atoms with Crippen LogP contribution in [0.25, 0.3) is 0 Å². The molecule has 6 heteroatoms. The van der Waals surface area contributed by atoms with Gasteiger partial charge in [-0.2, -0.15) is 0 Å². The first-order valence-corrected chi connectivity index (χ1v) is 9.29. The molecule has 0 amide bonds. The Hall–Kier alpha value is -2.60. The molecule has 0 fully saturated rings. The van der Waals surface area contributed by atoms with Gasteiger partial charge in [-0.1, -0.05) is 6.07 Å². The number of halogens is 1. The molecule has 0 spiro atoms. The van der Waals surface area contributed by atoms with Crippen molar-refractivity contribution in [3.63, 3.8) is 0 Å². The molecule has 2 aromatic carbocycles. The van der Waals surface area contributed by atoms with Crippen LogP contribution in [0.3, 0.4) is 0 Å². The summed E-state index contributed by atoms with van der Waals surface area (Å²) < 4.78 is 31.0.